The van der Waals surface area contributed by atoms with Gasteiger partial charge in [-0.05, 0) is 36.8 Å². The maximum Gasteiger partial charge on any atom is 0.199 e. The van der Waals surface area contributed by atoms with Crippen LogP contribution in [0.15, 0.2) is 42.7 Å². The zero-order valence-corrected chi connectivity index (χ0v) is 14.6. The number of aromatic nitrogens is 2. The Morgan fingerprint density at radius 2 is 1.85 bits per heavy atom. The minimum Gasteiger partial charge on any atom is -0.302 e. The van der Waals surface area contributed by atoms with Crippen LogP contribution in [0.1, 0.15) is 29.3 Å². The van der Waals surface area contributed by atoms with Gasteiger partial charge in [-0.15, -0.1) is 0 Å². The molecule has 0 amide bonds. The largest absolute Gasteiger partial charge is 0.302 e. The number of hydrogen-bond acceptors (Lipinski definition) is 4. The molecule has 0 saturated carbocycles. The summed E-state index contributed by atoms with van der Waals surface area (Å²) in [4.78, 5) is 20.8. The van der Waals surface area contributed by atoms with E-state index in [0.717, 1.165) is 12.1 Å². The van der Waals surface area contributed by atoms with Crippen molar-refractivity contribution in [3.8, 4) is 0 Å². The van der Waals surface area contributed by atoms with E-state index in [4.69, 9.17) is 0 Å². The highest BCUT2D eigenvalue weighted by molar-refractivity contribution is 7.86. The second-order valence-corrected chi connectivity index (χ2v) is 6.83. The van der Waals surface area contributed by atoms with Crippen LogP contribution < -0.4 is 4.72 Å². The number of carbonyl (C=O) groups is 1. The van der Waals surface area contributed by atoms with Crippen molar-refractivity contribution in [2.45, 2.75) is 13.3 Å². The van der Waals surface area contributed by atoms with Gasteiger partial charge < -0.3 is 4.72 Å². The first-order valence-corrected chi connectivity index (χ1v) is 9.21. The normalized spacial score (nSPS) is 12.1. The van der Waals surface area contributed by atoms with Crippen LogP contribution in [-0.2, 0) is 11.0 Å². The Labute approximate surface area is 151 Å². The van der Waals surface area contributed by atoms with Crippen LogP contribution in [0, 0.1) is 11.6 Å². The van der Waals surface area contributed by atoms with E-state index in [1.165, 1.54) is 24.5 Å². The van der Waals surface area contributed by atoms with Gasteiger partial charge in [-0.3, -0.25) is 14.8 Å². The molecule has 0 fully saturated rings. The maximum absolute atomic E-state index is 14.7. The maximum atomic E-state index is 14.7. The van der Waals surface area contributed by atoms with E-state index in [2.05, 4.69) is 14.7 Å². The number of carbonyl (C=O) groups excluding carboxylic acids is 1. The molecule has 26 heavy (non-hydrogen) atoms. The number of anilines is 1. The van der Waals surface area contributed by atoms with E-state index in [1.807, 2.05) is 6.92 Å². The van der Waals surface area contributed by atoms with Gasteiger partial charge in [0.1, 0.15) is 16.8 Å². The standard InChI is InChI=1S/C18H15F2N3O2S/c1-2-9-26(25)23-14-6-4-12(19)16(17(14)20)18(24)11-3-5-13-15(10-11)22-8-7-21-13/h3-8,10,23H,2,9H2,1H3. The molecule has 1 N–H and O–H groups in total. The van der Waals surface area contributed by atoms with Gasteiger partial charge in [0, 0.05) is 23.7 Å². The summed E-state index contributed by atoms with van der Waals surface area (Å²) in [6, 6.07) is 6.53. The molecule has 2 aromatic carbocycles. The minimum atomic E-state index is -1.51. The predicted molar refractivity (Wildman–Crippen MR) is 96.3 cm³/mol. The van der Waals surface area contributed by atoms with Crippen molar-refractivity contribution in [2.24, 2.45) is 0 Å². The van der Waals surface area contributed by atoms with Gasteiger partial charge in [-0.25, -0.2) is 13.0 Å². The topological polar surface area (TPSA) is 72.0 Å². The SMILES string of the molecule is CCCS(=O)Nc1ccc(F)c(C(=O)c2ccc3nccnc3c2)c1F. The van der Waals surface area contributed by atoms with E-state index in [1.54, 1.807) is 6.07 Å². The molecule has 5 nitrogen and oxygen atoms in total. The number of rotatable bonds is 6. The van der Waals surface area contributed by atoms with Gasteiger partial charge in [-0.1, -0.05) is 6.92 Å². The Kier molecular flexibility index (Phi) is 5.32. The molecule has 3 aromatic rings. The van der Waals surface area contributed by atoms with Crippen molar-refractivity contribution in [1.29, 1.82) is 0 Å². The number of nitrogens with zero attached hydrogens (tertiary/aromatic N) is 2. The van der Waals surface area contributed by atoms with Crippen LogP contribution in [-0.4, -0.2) is 25.7 Å². The van der Waals surface area contributed by atoms with Crippen LogP contribution in [0.4, 0.5) is 14.5 Å². The molecule has 134 valence electrons. The summed E-state index contributed by atoms with van der Waals surface area (Å²) in [7, 11) is -1.51. The quantitative estimate of drug-likeness (QED) is 0.668. The number of fused-ring (bicyclic) bond motifs is 1. The third kappa shape index (κ3) is 3.60. The van der Waals surface area contributed by atoms with E-state index in [9.17, 15) is 17.8 Å². The Hall–Kier alpha value is -2.74. The van der Waals surface area contributed by atoms with E-state index >= 15 is 0 Å². The van der Waals surface area contributed by atoms with E-state index < -0.39 is 34.0 Å². The van der Waals surface area contributed by atoms with Crippen LogP contribution in [0.3, 0.4) is 0 Å². The Morgan fingerprint density at radius 1 is 1.12 bits per heavy atom. The van der Waals surface area contributed by atoms with Gasteiger partial charge in [-0.2, -0.15) is 0 Å². The summed E-state index contributed by atoms with van der Waals surface area (Å²) in [5.41, 5.74) is 0.212. The molecule has 0 radical (unpaired) electrons. The first kappa shape index (κ1) is 18.1. The molecule has 0 bridgehead atoms. The molecule has 1 unspecified atom stereocenters. The summed E-state index contributed by atoms with van der Waals surface area (Å²) >= 11 is 0. The van der Waals surface area contributed by atoms with Crippen molar-refractivity contribution in [2.75, 3.05) is 10.5 Å². The number of halogens is 2. The lowest BCUT2D eigenvalue weighted by molar-refractivity contribution is 0.103. The molecule has 1 heterocycles. The third-order valence-electron chi connectivity index (χ3n) is 3.66. The van der Waals surface area contributed by atoms with Gasteiger partial charge in [0.2, 0.25) is 0 Å². The Bertz CT molecular complexity index is 1010. The van der Waals surface area contributed by atoms with E-state index in [-0.39, 0.29) is 11.3 Å². The molecule has 3 rings (SSSR count). The number of benzene rings is 2. The lowest BCUT2D eigenvalue weighted by atomic mass is 10.0. The average molecular weight is 375 g/mol. The predicted octanol–water partition coefficient (Wildman–Crippen LogP) is 3.62. The molecule has 0 aliphatic rings. The summed E-state index contributed by atoms with van der Waals surface area (Å²) < 4.78 is 43.1. The summed E-state index contributed by atoms with van der Waals surface area (Å²) in [6.45, 7) is 1.83. The van der Waals surface area contributed by atoms with Gasteiger partial charge >= 0.3 is 0 Å². The van der Waals surface area contributed by atoms with Gasteiger partial charge in [0.25, 0.3) is 0 Å². The molecule has 0 saturated heterocycles. The molecular formula is C18H15F2N3O2S. The molecule has 1 atom stereocenters. The monoisotopic (exact) mass is 375 g/mol. The zero-order valence-electron chi connectivity index (χ0n) is 13.8. The van der Waals surface area contributed by atoms with Crippen molar-refractivity contribution in [3.05, 3.63) is 65.5 Å². The second-order valence-electron chi connectivity index (χ2n) is 5.52. The molecule has 0 aliphatic carbocycles. The number of hydrogen-bond donors (Lipinski definition) is 1. The highest BCUT2D eigenvalue weighted by atomic mass is 32.2. The zero-order chi connectivity index (χ0) is 18.7. The molecule has 8 heteroatoms. The summed E-state index contributed by atoms with van der Waals surface area (Å²) in [6.07, 6.45) is 3.60. The van der Waals surface area contributed by atoms with E-state index in [0.29, 0.717) is 23.2 Å². The first-order valence-electron chi connectivity index (χ1n) is 7.89. The molecular weight excluding hydrogens is 360 g/mol. The van der Waals surface area contributed by atoms with Gasteiger partial charge in [0.15, 0.2) is 11.6 Å². The molecule has 0 spiro atoms. The summed E-state index contributed by atoms with van der Waals surface area (Å²) in [5.74, 6) is -2.57. The number of nitrogens with one attached hydrogen (secondary N) is 1. The van der Waals surface area contributed by atoms with Crippen LogP contribution in [0.5, 0.6) is 0 Å². The third-order valence-corrected chi connectivity index (χ3v) is 4.89. The highest BCUT2D eigenvalue weighted by Crippen LogP contribution is 2.25. The lowest BCUT2D eigenvalue weighted by Gasteiger charge is -2.11. The van der Waals surface area contributed by atoms with Crippen molar-refractivity contribution >= 4 is 33.5 Å². The molecule has 0 aliphatic heterocycles. The first-order chi connectivity index (χ1) is 12.5. The average Bonchev–Trinajstić information content (AvgIpc) is 2.64. The van der Waals surface area contributed by atoms with Crippen LogP contribution in [0.2, 0.25) is 0 Å². The van der Waals surface area contributed by atoms with Crippen LogP contribution in [0.25, 0.3) is 11.0 Å². The highest BCUT2D eigenvalue weighted by Gasteiger charge is 2.23. The Morgan fingerprint density at radius 3 is 2.58 bits per heavy atom. The minimum absolute atomic E-state index is 0.0858. The fourth-order valence-corrected chi connectivity index (χ4v) is 3.32. The second kappa shape index (κ2) is 7.65. The summed E-state index contributed by atoms with van der Waals surface area (Å²) in [5, 5.41) is 0. The Balaban J connectivity index is 2.01. The van der Waals surface area contributed by atoms with Crippen molar-refractivity contribution in [3.63, 3.8) is 0 Å². The van der Waals surface area contributed by atoms with Crippen molar-refractivity contribution < 1.29 is 17.8 Å². The lowest BCUT2D eigenvalue weighted by Crippen LogP contribution is -2.13. The van der Waals surface area contributed by atoms with Crippen molar-refractivity contribution in [1.82, 2.24) is 9.97 Å². The fraction of sp³-hybridized carbons (Fsp3) is 0.167. The number of ketones is 1. The smallest absolute Gasteiger partial charge is 0.199 e. The van der Waals surface area contributed by atoms with Crippen LogP contribution >= 0.6 is 0 Å². The molecule has 1 aromatic heterocycles. The van der Waals surface area contributed by atoms with Gasteiger partial charge in [0.05, 0.1) is 22.3 Å². The fourth-order valence-electron chi connectivity index (χ4n) is 2.45.